The van der Waals surface area contributed by atoms with Crippen molar-refractivity contribution in [1.29, 1.82) is 0 Å². The standard InChI is InChI=1S/C21H21NO4/c1-25-20(24)15-7-5-14(6-8-15)16-13-21(9-11-22-12-10-21)26-18-4-2-3-17(23)19(16)18/h2-8,13,22-23H,9-12H2,1H3. The summed E-state index contributed by atoms with van der Waals surface area (Å²) in [5.74, 6) is 0.520. The van der Waals surface area contributed by atoms with E-state index < -0.39 is 0 Å². The second-order valence-corrected chi connectivity index (χ2v) is 6.69. The number of nitrogens with one attached hydrogen (secondary N) is 1. The molecule has 0 radical (unpaired) electrons. The van der Waals surface area contributed by atoms with E-state index in [2.05, 4.69) is 11.4 Å². The molecule has 0 bridgehead atoms. The van der Waals surface area contributed by atoms with Crippen molar-refractivity contribution in [2.24, 2.45) is 0 Å². The lowest BCUT2D eigenvalue weighted by atomic mass is 9.83. The molecule has 2 aliphatic rings. The van der Waals surface area contributed by atoms with Crippen LogP contribution in [-0.2, 0) is 4.74 Å². The Morgan fingerprint density at radius 3 is 2.58 bits per heavy atom. The number of carbonyl (C=O) groups is 1. The Hall–Kier alpha value is -2.79. The van der Waals surface area contributed by atoms with Crippen molar-refractivity contribution < 1.29 is 19.4 Å². The molecule has 2 heterocycles. The van der Waals surface area contributed by atoms with E-state index in [1.165, 1.54) is 7.11 Å². The van der Waals surface area contributed by atoms with Crippen LogP contribution in [0.1, 0.15) is 34.3 Å². The van der Waals surface area contributed by atoms with Gasteiger partial charge in [0, 0.05) is 12.8 Å². The second-order valence-electron chi connectivity index (χ2n) is 6.69. The van der Waals surface area contributed by atoms with E-state index in [4.69, 9.17) is 9.47 Å². The van der Waals surface area contributed by atoms with Crippen molar-refractivity contribution in [3.8, 4) is 11.5 Å². The molecule has 2 aliphatic heterocycles. The number of esters is 1. The van der Waals surface area contributed by atoms with Gasteiger partial charge in [-0.3, -0.25) is 0 Å². The van der Waals surface area contributed by atoms with E-state index in [0.717, 1.165) is 37.1 Å². The quantitative estimate of drug-likeness (QED) is 0.814. The minimum absolute atomic E-state index is 0.189. The van der Waals surface area contributed by atoms with Gasteiger partial charge in [0.05, 0.1) is 18.2 Å². The first-order chi connectivity index (χ1) is 12.6. The summed E-state index contributed by atoms with van der Waals surface area (Å²) in [6.45, 7) is 1.78. The van der Waals surface area contributed by atoms with Gasteiger partial charge < -0.3 is 19.9 Å². The first-order valence-electron chi connectivity index (χ1n) is 8.76. The van der Waals surface area contributed by atoms with Gasteiger partial charge >= 0.3 is 5.97 Å². The van der Waals surface area contributed by atoms with Crippen molar-refractivity contribution in [1.82, 2.24) is 5.32 Å². The summed E-state index contributed by atoms with van der Waals surface area (Å²) < 4.78 is 11.1. The Kier molecular flexibility index (Phi) is 4.17. The van der Waals surface area contributed by atoms with Crippen molar-refractivity contribution in [2.45, 2.75) is 18.4 Å². The highest BCUT2D eigenvalue weighted by atomic mass is 16.5. The Labute approximate surface area is 152 Å². The lowest BCUT2D eigenvalue weighted by molar-refractivity contribution is 0.0600. The van der Waals surface area contributed by atoms with Crippen molar-refractivity contribution in [2.75, 3.05) is 20.2 Å². The molecule has 5 heteroatoms. The number of carbonyl (C=O) groups excluding carboxylic acids is 1. The molecule has 0 amide bonds. The molecule has 134 valence electrons. The summed E-state index contributed by atoms with van der Waals surface area (Å²) in [5, 5.41) is 13.8. The smallest absolute Gasteiger partial charge is 0.337 e. The van der Waals surface area contributed by atoms with Gasteiger partial charge in [-0.05, 0) is 54.6 Å². The van der Waals surface area contributed by atoms with Crippen LogP contribution in [0.15, 0.2) is 48.5 Å². The third kappa shape index (κ3) is 2.84. The maximum absolute atomic E-state index is 11.7. The fourth-order valence-electron chi connectivity index (χ4n) is 3.69. The minimum atomic E-state index is -0.373. The van der Waals surface area contributed by atoms with E-state index in [9.17, 15) is 9.90 Å². The zero-order valence-corrected chi connectivity index (χ0v) is 14.6. The number of hydrogen-bond acceptors (Lipinski definition) is 5. The number of piperidine rings is 1. The highest BCUT2D eigenvalue weighted by Gasteiger charge is 2.37. The molecule has 0 saturated carbocycles. The van der Waals surface area contributed by atoms with E-state index in [1.807, 2.05) is 18.2 Å². The van der Waals surface area contributed by atoms with Crippen LogP contribution >= 0.6 is 0 Å². The average Bonchev–Trinajstić information content (AvgIpc) is 2.67. The van der Waals surface area contributed by atoms with Crippen molar-refractivity contribution in [3.63, 3.8) is 0 Å². The minimum Gasteiger partial charge on any atom is -0.507 e. The summed E-state index contributed by atoms with van der Waals surface area (Å²) in [5.41, 5.74) is 2.69. The number of hydrogen-bond donors (Lipinski definition) is 2. The first kappa shape index (κ1) is 16.7. The monoisotopic (exact) mass is 351 g/mol. The Balaban J connectivity index is 1.82. The number of phenolic OH excluding ortho intramolecular Hbond substituents is 1. The summed E-state index contributed by atoms with van der Waals surface area (Å²) in [6.07, 6.45) is 3.86. The Morgan fingerprint density at radius 2 is 1.88 bits per heavy atom. The first-order valence-corrected chi connectivity index (χ1v) is 8.76. The molecule has 1 fully saturated rings. The van der Waals surface area contributed by atoms with Crippen LogP contribution in [0, 0.1) is 0 Å². The zero-order chi connectivity index (χ0) is 18.1. The highest BCUT2D eigenvalue weighted by Crippen LogP contribution is 2.46. The SMILES string of the molecule is COC(=O)c1ccc(C2=CC3(CCNCC3)Oc3cccc(O)c32)cc1. The second kappa shape index (κ2) is 6.50. The number of benzene rings is 2. The van der Waals surface area contributed by atoms with Crippen LogP contribution in [-0.4, -0.2) is 36.9 Å². The molecule has 2 N–H and O–H groups in total. The number of phenols is 1. The van der Waals surface area contributed by atoms with E-state index in [0.29, 0.717) is 16.9 Å². The average molecular weight is 351 g/mol. The molecule has 0 aliphatic carbocycles. The zero-order valence-electron chi connectivity index (χ0n) is 14.6. The van der Waals surface area contributed by atoms with Crippen LogP contribution in [0.25, 0.3) is 5.57 Å². The molecule has 0 aromatic heterocycles. The number of aromatic hydroxyl groups is 1. The predicted molar refractivity (Wildman–Crippen MR) is 98.4 cm³/mol. The van der Waals surface area contributed by atoms with Gasteiger partial charge in [-0.15, -0.1) is 0 Å². The van der Waals surface area contributed by atoms with Gasteiger partial charge in [-0.1, -0.05) is 18.2 Å². The normalized spacial score (nSPS) is 17.8. The van der Waals surface area contributed by atoms with Gasteiger partial charge in [0.25, 0.3) is 0 Å². The lowest BCUT2D eigenvalue weighted by Crippen LogP contribution is -2.46. The third-order valence-electron chi connectivity index (χ3n) is 5.06. The summed E-state index contributed by atoms with van der Waals surface area (Å²) >= 11 is 0. The largest absolute Gasteiger partial charge is 0.507 e. The van der Waals surface area contributed by atoms with Gasteiger partial charge in [-0.25, -0.2) is 4.79 Å². The van der Waals surface area contributed by atoms with Crippen LogP contribution in [0.5, 0.6) is 11.5 Å². The molecule has 26 heavy (non-hydrogen) atoms. The summed E-state index contributed by atoms with van der Waals surface area (Å²) in [7, 11) is 1.37. The third-order valence-corrected chi connectivity index (χ3v) is 5.06. The number of ether oxygens (including phenoxy) is 2. The van der Waals surface area contributed by atoms with E-state index in [-0.39, 0.29) is 17.3 Å². The highest BCUT2D eigenvalue weighted by molar-refractivity contribution is 5.92. The van der Waals surface area contributed by atoms with Gasteiger partial charge in [0.2, 0.25) is 0 Å². The molecule has 1 spiro atoms. The topological polar surface area (TPSA) is 67.8 Å². The lowest BCUT2D eigenvalue weighted by Gasteiger charge is -2.40. The van der Waals surface area contributed by atoms with Crippen molar-refractivity contribution >= 4 is 11.5 Å². The van der Waals surface area contributed by atoms with Gasteiger partial charge in [0.1, 0.15) is 17.1 Å². The van der Waals surface area contributed by atoms with Gasteiger partial charge in [-0.2, -0.15) is 0 Å². The van der Waals surface area contributed by atoms with Crippen LogP contribution < -0.4 is 10.1 Å². The molecule has 2 aromatic carbocycles. The predicted octanol–water partition coefficient (Wildman–Crippen LogP) is 3.13. The maximum atomic E-state index is 11.7. The van der Waals surface area contributed by atoms with Crippen LogP contribution in [0.4, 0.5) is 0 Å². The summed E-state index contributed by atoms with van der Waals surface area (Å²) in [4.78, 5) is 11.7. The molecule has 0 unspecified atom stereocenters. The molecular weight excluding hydrogens is 330 g/mol. The fourth-order valence-corrected chi connectivity index (χ4v) is 3.69. The maximum Gasteiger partial charge on any atom is 0.337 e. The molecule has 1 saturated heterocycles. The summed E-state index contributed by atoms with van der Waals surface area (Å²) in [6, 6.07) is 12.6. The number of methoxy groups -OCH3 is 1. The molecule has 2 aromatic rings. The van der Waals surface area contributed by atoms with Crippen LogP contribution in [0.3, 0.4) is 0 Å². The van der Waals surface area contributed by atoms with Crippen molar-refractivity contribution in [3.05, 3.63) is 65.2 Å². The van der Waals surface area contributed by atoms with E-state index >= 15 is 0 Å². The molecular formula is C21H21NO4. The van der Waals surface area contributed by atoms with Gasteiger partial charge in [0.15, 0.2) is 0 Å². The Morgan fingerprint density at radius 1 is 1.15 bits per heavy atom. The molecule has 4 rings (SSSR count). The molecule has 0 atom stereocenters. The number of rotatable bonds is 2. The fraction of sp³-hybridized carbons (Fsp3) is 0.286. The number of fused-ring (bicyclic) bond motifs is 1. The van der Waals surface area contributed by atoms with Crippen LogP contribution in [0.2, 0.25) is 0 Å². The van der Waals surface area contributed by atoms with E-state index in [1.54, 1.807) is 24.3 Å². The molecule has 5 nitrogen and oxygen atoms in total. The Bertz CT molecular complexity index is 864.